The van der Waals surface area contributed by atoms with Gasteiger partial charge in [-0.15, -0.1) is 0 Å². The topological polar surface area (TPSA) is 212 Å². The Hall–Kier alpha value is -4.47. The first-order valence-electron chi connectivity index (χ1n) is 17.1. The standard InChI is InChI=1S/C32H52N10O6/c33-13-1-2-14-36-29(43)39-15-19-41(20-16-39)31(45)47-26-5-3-7-27(8-4-6-26)48-32(46)42-21-17-40(18-22-42)30(44)37-23-24-9-11-25(12-10-24)38-28(34)35/h9-12,26-27H,1-8,13-23,33H2,(H,36,43)(H,37,44)(H4,34,35,38)/t26-,27+. The van der Waals surface area contributed by atoms with Crippen LogP contribution < -0.4 is 27.4 Å². The van der Waals surface area contributed by atoms with Crippen molar-refractivity contribution in [3.05, 3.63) is 29.8 Å². The molecule has 2 heterocycles. The van der Waals surface area contributed by atoms with Gasteiger partial charge in [0.25, 0.3) is 0 Å². The van der Waals surface area contributed by atoms with Gasteiger partial charge in [0, 0.05) is 71.1 Å². The monoisotopic (exact) mass is 672 g/mol. The number of carbonyl (C=O) groups excluding carboxylic acids is 4. The highest BCUT2D eigenvalue weighted by Crippen LogP contribution is 2.24. The molecule has 16 nitrogen and oxygen atoms in total. The van der Waals surface area contributed by atoms with Gasteiger partial charge in [-0.3, -0.25) is 5.41 Å². The number of anilines is 1. The summed E-state index contributed by atoms with van der Waals surface area (Å²) < 4.78 is 11.7. The summed E-state index contributed by atoms with van der Waals surface area (Å²) in [5, 5.41) is 15.8. The van der Waals surface area contributed by atoms with Gasteiger partial charge in [-0.05, 0) is 75.6 Å². The van der Waals surface area contributed by atoms with Gasteiger partial charge < -0.3 is 56.5 Å². The summed E-state index contributed by atoms with van der Waals surface area (Å²) in [6.07, 6.45) is 5.02. The highest BCUT2D eigenvalue weighted by atomic mass is 16.6. The molecule has 8 N–H and O–H groups in total. The fourth-order valence-electron chi connectivity index (χ4n) is 6.02. The van der Waals surface area contributed by atoms with E-state index in [4.69, 9.17) is 26.4 Å². The van der Waals surface area contributed by atoms with Crippen LogP contribution in [0.2, 0.25) is 0 Å². The largest absolute Gasteiger partial charge is 0.446 e. The molecule has 4 rings (SSSR count). The first-order chi connectivity index (χ1) is 23.2. The SMILES string of the molecule is N=C(N)Nc1ccc(CNC(=O)N2CCN(C(=O)O[C@H]3CCC[C@@H](OC(=O)N4CCN(C(=O)NCCCCN)CC4)CCC3)CC2)cc1. The van der Waals surface area contributed by atoms with Crippen LogP contribution in [0.3, 0.4) is 0 Å². The number of ether oxygens (including phenoxy) is 2. The van der Waals surface area contributed by atoms with Crippen LogP contribution in [0.25, 0.3) is 0 Å². The van der Waals surface area contributed by atoms with Gasteiger partial charge >= 0.3 is 24.2 Å². The maximum atomic E-state index is 12.9. The lowest BCUT2D eigenvalue weighted by Gasteiger charge is -2.36. The quantitative estimate of drug-likeness (QED) is 0.129. The molecule has 0 radical (unpaired) electrons. The number of benzene rings is 1. The Morgan fingerprint density at radius 2 is 1.17 bits per heavy atom. The number of piperazine rings is 2. The molecular weight excluding hydrogens is 620 g/mol. The molecular formula is C32H52N10O6. The van der Waals surface area contributed by atoms with Gasteiger partial charge in [0.1, 0.15) is 12.2 Å². The normalized spacial score (nSPS) is 20.2. The first kappa shape index (κ1) is 36.4. The van der Waals surface area contributed by atoms with Crippen LogP contribution in [0.1, 0.15) is 56.9 Å². The molecule has 0 atom stereocenters. The van der Waals surface area contributed by atoms with Gasteiger partial charge in [-0.1, -0.05) is 12.1 Å². The van der Waals surface area contributed by atoms with Crippen molar-refractivity contribution < 1.29 is 28.7 Å². The van der Waals surface area contributed by atoms with Crippen LogP contribution in [0.4, 0.5) is 24.9 Å². The third kappa shape index (κ3) is 11.6. The Bertz CT molecular complexity index is 1210. The van der Waals surface area contributed by atoms with E-state index in [2.05, 4.69) is 16.0 Å². The number of urea groups is 2. The zero-order valence-corrected chi connectivity index (χ0v) is 27.8. The van der Waals surface area contributed by atoms with Crippen LogP contribution in [0.5, 0.6) is 0 Å². The molecule has 1 aliphatic carbocycles. The molecule has 16 heteroatoms. The highest BCUT2D eigenvalue weighted by molar-refractivity contribution is 5.89. The number of nitrogens with zero attached hydrogens (tertiary/aromatic N) is 4. The van der Waals surface area contributed by atoms with E-state index < -0.39 is 0 Å². The Labute approximate surface area is 282 Å². The predicted molar refractivity (Wildman–Crippen MR) is 180 cm³/mol. The molecule has 2 aliphatic heterocycles. The van der Waals surface area contributed by atoms with Crippen molar-refractivity contribution in [3.8, 4) is 0 Å². The average Bonchev–Trinajstić information content (AvgIpc) is 3.08. The molecule has 1 saturated carbocycles. The fraction of sp³-hybridized carbons (Fsp3) is 0.656. The maximum absolute atomic E-state index is 12.9. The third-order valence-electron chi connectivity index (χ3n) is 8.87. The van der Waals surface area contributed by atoms with Crippen molar-refractivity contribution in [1.29, 1.82) is 5.41 Å². The molecule has 1 aromatic carbocycles. The van der Waals surface area contributed by atoms with E-state index in [0.717, 1.165) is 31.2 Å². The predicted octanol–water partition coefficient (Wildman–Crippen LogP) is 2.25. The lowest BCUT2D eigenvalue weighted by atomic mass is 9.96. The van der Waals surface area contributed by atoms with Crippen molar-refractivity contribution in [1.82, 2.24) is 30.2 Å². The van der Waals surface area contributed by atoms with E-state index in [1.165, 1.54) is 0 Å². The number of guanidine groups is 1. The first-order valence-corrected chi connectivity index (χ1v) is 17.1. The minimum atomic E-state index is -0.355. The fourth-order valence-corrected chi connectivity index (χ4v) is 6.02. The van der Waals surface area contributed by atoms with E-state index in [-0.39, 0.29) is 42.4 Å². The average molecular weight is 673 g/mol. The number of hydrogen-bond donors (Lipinski definition) is 6. The van der Waals surface area contributed by atoms with Crippen LogP contribution in [0.15, 0.2) is 24.3 Å². The Balaban J connectivity index is 1.08. The van der Waals surface area contributed by atoms with Crippen LogP contribution in [-0.2, 0) is 16.0 Å². The minimum Gasteiger partial charge on any atom is -0.446 e. The number of hydrogen-bond acceptors (Lipinski definition) is 8. The van der Waals surface area contributed by atoms with Crippen molar-refractivity contribution >= 4 is 35.9 Å². The van der Waals surface area contributed by atoms with Crippen molar-refractivity contribution in [2.75, 3.05) is 70.8 Å². The van der Waals surface area contributed by atoms with Gasteiger partial charge in [0.05, 0.1) is 0 Å². The third-order valence-corrected chi connectivity index (χ3v) is 8.87. The summed E-state index contributed by atoms with van der Waals surface area (Å²) in [5.74, 6) is -0.140. The molecule has 0 spiro atoms. The number of carbonyl (C=O) groups is 4. The molecule has 0 unspecified atom stereocenters. The van der Waals surface area contributed by atoms with E-state index in [1.54, 1.807) is 31.7 Å². The highest BCUT2D eigenvalue weighted by Gasteiger charge is 2.30. The maximum Gasteiger partial charge on any atom is 0.410 e. The smallest absolute Gasteiger partial charge is 0.410 e. The van der Waals surface area contributed by atoms with Gasteiger partial charge in [-0.2, -0.15) is 0 Å². The molecule has 1 aromatic rings. The minimum absolute atomic E-state index is 0.110. The van der Waals surface area contributed by atoms with Crippen LogP contribution in [0, 0.1) is 5.41 Å². The molecule has 6 amide bonds. The molecule has 48 heavy (non-hydrogen) atoms. The summed E-state index contributed by atoms with van der Waals surface area (Å²) in [6.45, 7) is 5.00. The number of nitrogens with one attached hydrogen (secondary N) is 4. The van der Waals surface area contributed by atoms with E-state index in [0.29, 0.717) is 103 Å². The summed E-state index contributed by atoms with van der Waals surface area (Å²) >= 11 is 0. The number of amides is 6. The Morgan fingerprint density at radius 3 is 1.62 bits per heavy atom. The van der Waals surface area contributed by atoms with Crippen molar-refractivity contribution in [2.24, 2.45) is 11.5 Å². The molecule has 266 valence electrons. The second-order valence-corrected chi connectivity index (χ2v) is 12.4. The summed E-state index contributed by atoms with van der Waals surface area (Å²) in [7, 11) is 0. The Kier molecular flexibility index (Phi) is 14.2. The summed E-state index contributed by atoms with van der Waals surface area (Å²) in [4.78, 5) is 57.5. The number of nitrogens with two attached hydrogens (primary N) is 2. The second-order valence-electron chi connectivity index (χ2n) is 12.4. The Morgan fingerprint density at radius 1 is 0.708 bits per heavy atom. The van der Waals surface area contributed by atoms with Gasteiger partial charge in [0.2, 0.25) is 0 Å². The molecule has 0 bridgehead atoms. The van der Waals surface area contributed by atoms with Crippen LogP contribution in [-0.4, -0.2) is 127 Å². The summed E-state index contributed by atoms with van der Waals surface area (Å²) in [6, 6.07) is 6.98. The second kappa shape index (κ2) is 18.8. The zero-order chi connectivity index (χ0) is 34.3. The summed E-state index contributed by atoms with van der Waals surface area (Å²) in [5.41, 5.74) is 12.4. The van der Waals surface area contributed by atoms with Gasteiger partial charge in [0.15, 0.2) is 5.96 Å². The van der Waals surface area contributed by atoms with Crippen molar-refractivity contribution in [2.45, 2.75) is 70.1 Å². The van der Waals surface area contributed by atoms with Crippen molar-refractivity contribution in [3.63, 3.8) is 0 Å². The van der Waals surface area contributed by atoms with Gasteiger partial charge in [-0.25, -0.2) is 19.2 Å². The lowest BCUT2D eigenvalue weighted by Crippen LogP contribution is -2.53. The van der Waals surface area contributed by atoms with E-state index >= 15 is 0 Å². The molecule has 0 aromatic heterocycles. The molecule has 3 fully saturated rings. The van der Waals surface area contributed by atoms with E-state index in [1.807, 2.05) is 12.1 Å². The zero-order valence-electron chi connectivity index (χ0n) is 27.8. The molecule has 2 saturated heterocycles. The lowest BCUT2D eigenvalue weighted by molar-refractivity contribution is 0.0197. The van der Waals surface area contributed by atoms with E-state index in [9.17, 15) is 19.2 Å². The molecule has 3 aliphatic rings. The number of rotatable bonds is 9. The van der Waals surface area contributed by atoms with Crippen LogP contribution >= 0.6 is 0 Å². The number of unbranched alkanes of at least 4 members (excludes halogenated alkanes) is 1.